The molecule has 5 heteroatoms. The van der Waals surface area contributed by atoms with Crippen LogP contribution in [0.1, 0.15) is 15.2 Å². The second kappa shape index (κ2) is 6.41. The first kappa shape index (κ1) is 14.3. The predicted octanol–water partition coefficient (Wildman–Crippen LogP) is 4.45. The third-order valence-electron chi connectivity index (χ3n) is 3.05. The molecule has 0 bridgehead atoms. The van der Waals surface area contributed by atoms with Gasteiger partial charge in [0.1, 0.15) is 0 Å². The van der Waals surface area contributed by atoms with Crippen LogP contribution in [0.3, 0.4) is 0 Å². The summed E-state index contributed by atoms with van der Waals surface area (Å²) in [5, 5.41) is 6.97. The minimum atomic E-state index is -0.114. The fourth-order valence-electron chi connectivity index (χ4n) is 1.97. The van der Waals surface area contributed by atoms with Gasteiger partial charge < -0.3 is 10.6 Å². The lowest BCUT2D eigenvalue weighted by atomic mass is 10.2. The van der Waals surface area contributed by atoms with Crippen LogP contribution in [0.15, 0.2) is 60.8 Å². The predicted molar refractivity (Wildman–Crippen MR) is 91.0 cm³/mol. The van der Waals surface area contributed by atoms with E-state index in [9.17, 15) is 4.79 Å². The lowest BCUT2D eigenvalue weighted by molar-refractivity contribution is 0.102. The number of thiazole rings is 1. The number of nitrogens with zero attached hydrogens (tertiary/aromatic N) is 1. The van der Waals surface area contributed by atoms with Gasteiger partial charge in [-0.25, -0.2) is 4.98 Å². The largest absolute Gasteiger partial charge is 0.332 e. The number of hydrogen-bond donors (Lipinski definition) is 2. The SMILES string of the molecule is Cc1cnc(Nc2ccc(NC(=O)c3ccccc3)cc2)s1. The van der Waals surface area contributed by atoms with E-state index in [1.807, 2.05) is 55.6 Å². The Morgan fingerprint density at radius 3 is 2.32 bits per heavy atom. The van der Waals surface area contributed by atoms with Crippen LogP contribution in [0.4, 0.5) is 16.5 Å². The van der Waals surface area contributed by atoms with E-state index < -0.39 is 0 Å². The number of anilines is 3. The molecule has 22 heavy (non-hydrogen) atoms. The molecule has 0 radical (unpaired) electrons. The van der Waals surface area contributed by atoms with Gasteiger partial charge in [0.25, 0.3) is 5.91 Å². The van der Waals surface area contributed by atoms with Gasteiger partial charge in [-0.15, -0.1) is 11.3 Å². The van der Waals surface area contributed by atoms with Crippen LogP contribution in [0.2, 0.25) is 0 Å². The van der Waals surface area contributed by atoms with Gasteiger partial charge in [0.05, 0.1) is 0 Å². The van der Waals surface area contributed by atoms with Crippen molar-refractivity contribution in [3.8, 4) is 0 Å². The van der Waals surface area contributed by atoms with E-state index in [0.29, 0.717) is 5.56 Å². The number of amides is 1. The molecule has 2 aromatic carbocycles. The molecule has 0 aliphatic carbocycles. The number of aryl methyl sites for hydroxylation is 1. The maximum absolute atomic E-state index is 12.1. The van der Waals surface area contributed by atoms with E-state index in [-0.39, 0.29) is 5.91 Å². The van der Waals surface area contributed by atoms with E-state index in [0.717, 1.165) is 21.4 Å². The van der Waals surface area contributed by atoms with Crippen molar-refractivity contribution in [2.75, 3.05) is 10.6 Å². The molecule has 1 aromatic heterocycles. The van der Waals surface area contributed by atoms with E-state index in [4.69, 9.17) is 0 Å². The summed E-state index contributed by atoms with van der Waals surface area (Å²) in [6.45, 7) is 2.02. The minimum Gasteiger partial charge on any atom is -0.332 e. The van der Waals surface area contributed by atoms with Gasteiger partial charge in [-0.1, -0.05) is 18.2 Å². The molecule has 0 aliphatic heterocycles. The average molecular weight is 309 g/mol. The first-order valence-electron chi connectivity index (χ1n) is 6.86. The smallest absolute Gasteiger partial charge is 0.255 e. The average Bonchev–Trinajstić information content (AvgIpc) is 2.95. The van der Waals surface area contributed by atoms with Crippen molar-refractivity contribution in [2.45, 2.75) is 6.92 Å². The summed E-state index contributed by atoms with van der Waals surface area (Å²) in [4.78, 5) is 17.5. The molecule has 0 atom stereocenters. The number of nitrogens with one attached hydrogen (secondary N) is 2. The van der Waals surface area contributed by atoms with Crippen LogP contribution in [0.5, 0.6) is 0 Å². The normalized spacial score (nSPS) is 10.2. The van der Waals surface area contributed by atoms with E-state index in [2.05, 4.69) is 15.6 Å². The maximum atomic E-state index is 12.1. The standard InChI is InChI=1S/C17H15N3OS/c1-12-11-18-17(22-12)20-15-9-7-14(8-10-15)19-16(21)13-5-3-2-4-6-13/h2-11H,1H3,(H,18,20)(H,19,21). The van der Waals surface area contributed by atoms with E-state index >= 15 is 0 Å². The Labute approximate surface area is 132 Å². The summed E-state index contributed by atoms with van der Waals surface area (Å²) >= 11 is 1.60. The number of benzene rings is 2. The lowest BCUT2D eigenvalue weighted by Crippen LogP contribution is -2.11. The quantitative estimate of drug-likeness (QED) is 0.748. The molecule has 1 heterocycles. The highest BCUT2D eigenvalue weighted by atomic mass is 32.1. The monoisotopic (exact) mass is 309 g/mol. The highest BCUT2D eigenvalue weighted by Gasteiger charge is 2.05. The zero-order valence-corrected chi connectivity index (χ0v) is 12.9. The molecule has 0 unspecified atom stereocenters. The third-order valence-corrected chi connectivity index (χ3v) is 3.88. The Kier molecular flexibility index (Phi) is 4.16. The third kappa shape index (κ3) is 3.51. The van der Waals surface area contributed by atoms with Crippen LogP contribution in [-0.4, -0.2) is 10.9 Å². The Hall–Kier alpha value is -2.66. The van der Waals surface area contributed by atoms with Crippen LogP contribution in [0, 0.1) is 6.92 Å². The fourth-order valence-corrected chi connectivity index (χ4v) is 2.65. The van der Waals surface area contributed by atoms with Crippen LogP contribution >= 0.6 is 11.3 Å². The first-order chi connectivity index (χ1) is 10.7. The summed E-state index contributed by atoms with van der Waals surface area (Å²) in [6, 6.07) is 16.7. The Balaban J connectivity index is 1.65. The number of hydrogen-bond acceptors (Lipinski definition) is 4. The van der Waals surface area contributed by atoms with Crippen molar-refractivity contribution >= 4 is 33.8 Å². The summed E-state index contributed by atoms with van der Waals surface area (Å²) in [6.07, 6.45) is 1.83. The van der Waals surface area contributed by atoms with Crippen molar-refractivity contribution in [1.82, 2.24) is 4.98 Å². The van der Waals surface area contributed by atoms with Gasteiger partial charge >= 0.3 is 0 Å². The van der Waals surface area contributed by atoms with Gasteiger partial charge in [-0.2, -0.15) is 0 Å². The van der Waals surface area contributed by atoms with Gasteiger partial charge in [0.2, 0.25) is 0 Å². The molecular weight excluding hydrogens is 294 g/mol. The number of rotatable bonds is 4. The molecular formula is C17H15N3OS. The molecule has 0 spiro atoms. The summed E-state index contributed by atoms with van der Waals surface area (Å²) in [5.74, 6) is -0.114. The van der Waals surface area contributed by atoms with Crippen molar-refractivity contribution in [3.63, 3.8) is 0 Å². The molecule has 4 nitrogen and oxygen atoms in total. The van der Waals surface area contributed by atoms with Gasteiger partial charge in [-0.05, 0) is 43.3 Å². The van der Waals surface area contributed by atoms with Gasteiger partial charge in [0, 0.05) is 28.0 Å². The minimum absolute atomic E-state index is 0.114. The summed E-state index contributed by atoms with van der Waals surface area (Å²) < 4.78 is 0. The Morgan fingerprint density at radius 2 is 1.68 bits per heavy atom. The second-order valence-corrected chi connectivity index (χ2v) is 6.03. The fraction of sp³-hybridized carbons (Fsp3) is 0.0588. The molecule has 3 rings (SSSR count). The van der Waals surface area contributed by atoms with Crippen LogP contribution < -0.4 is 10.6 Å². The molecule has 1 amide bonds. The second-order valence-electron chi connectivity index (χ2n) is 4.80. The Bertz CT molecular complexity index is 766. The molecule has 0 saturated heterocycles. The van der Waals surface area contributed by atoms with Crippen molar-refractivity contribution in [2.24, 2.45) is 0 Å². The Morgan fingerprint density at radius 1 is 1.00 bits per heavy atom. The topological polar surface area (TPSA) is 54.0 Å². The van der Waals surface area contributed by atoms with Crippen molar-refractivity contribution in [1.29, 1.82) is 0 Å². The van der Waals surface area contributed by atoms with Crippen molar-refractivity contribution in [3.05, 3.63) is 71.2 Å². The molecule has 2 N–H and O–H groups in total. The summed E-state index contributed by atoms with van der Waals surface area (Å²) in [5.41, 5.74) is 2.34. The van der Waals surface area contributed by atoms with E-state index in [1.54, 1.807) is 23.5 Å². The van der Waals surface area contributed by atoms with Crippen LogP contribution in [-0.2, 0) is 0 Å². The molecule has 0 fully saturated rings. The number of carbonyl (C=O) groups excluding carboxylic acids is 1. The number of aromatic nitrogens is 1. The van der Waals surface area contributed by atoms with E-state index in [1.165, 1.54) is 0 Å². The molecule has 110 valence electrons. The molecule has 0 aliphatic rings. The maximum Gasteiger partial charge on any atom is 0.255 e. The highest BCUT2D eigenvalue weighted by Crippen LogP contribution is 2.23. The molecule has 0 saturated carbocycles. The first-order valence-corrected chi connectivity index (χ1v) is 7.68. The summed E-state index contributed by atoms with van der Waals surface area (Å²) in [7, 11) is 0. The zero-order valence-electron chi connectivity index (χ0n) is 12.0. The zero-order chi connectivity index (χ0) is 15.4. The number of carbonyl (C=O) groups is 1. The van der Waals surface area contributed by atoms with Crippen molar-refractivity contribution < 1.29 is 4.79 Å². The van der Waals surface area contributed by atoms with Crippen LogP contribution in [0.25, 0.3) is 0 Å². The molecule has 3 aromatic rings. The lowest BCUT2D eigenvalue weighted by Gasteiger charge is -2.07. The highest BCUT2D eigenvalue weighted by molar-refractivity contribution is 7.15. The van der Waals surface area contributed by atoms with Gasteiger partial charge in [0.15, 0.2) is 5.13 Å². The van der Waals surface area contributed by atoms with Gasteiger partial charge in [-0.3, -0.25) is 4.79 Å².